The maximum atomic E-state index is 13.1. The normalized spacial score (nSPS) is 13.1. The number of aryl methyl sites for hydroxylation is 2. The van der Waals surface area contributed by atoms with Gasteiger partial charge in [-0.3, -0.25) is 9.59 Å². The predicted molar refractivity (Wildman–Crippen MR) is 107 cm³/mol. The van der Waals surface area contributed by atoms with Crippen LogP contribution < -0.4 is 10.9 Å². The molecule has 1 amide bonds. The van der Waals surface area contributed by atoms with E-state index in [1.807, 2.05) is 0 Å². The number of carbonyl (C=O) groups is 1. The van der Waals surface area contributed by atoms with Crippen molar-refractivity contribution in [3.8, 4) is 0 Å². The molecule has 0 fully saturated rings. The van der Waals surface area contributed by atoms with Gasteiger partial charge < -0.3 is 10.3 Å². The summed E-state index contributed by atoms with van der Waals surface area (Å²) in [6.07, 6.45) is 3.10. The number of thiophene rings is 1. The Morgan fingerprint density at radius 2 is 2.26 bits per heavy atom. The Hall–Kier alpha value is -2.19. The first kappa shape index (κ1) is 18.2. The van der Waals surface area contributed by atoms with Gasteiger partial charge in [0.1, 0.15) is 16.5 Å². The number of nitrogens with zero attached hydrogens (tertiary/aromatic N) is 1. The average Bonchev–Trinajstić information content (AvgIpc) is 3.20. The molecular formula is C19H18FN3O2S2. The zero-order chi connectivity index (χ0) is 18.8. The van der Waals surface area contributed by atoms with Crippen LogP contribution in [0.4, 0.5) is 4.39 Å². The van der Waals surface area contributed by atoms with Crippen LogP contribution in [-0.2, 0) is 29.9 Å². The molecule has 2 heterocycles. The number of benzene rings is 1. The largest absolute Gasteiger partial charge is 0.351 e. The van der Waals surface area contributed by atoms with Gasteiger partial charge in [-0.05, 0) is 42.5 Å². The van der Waals surface area contributed by atoms with Gasteiger partial charge in [0.15, 0.2) is 0 Å². The molecule has 1 aromatic carbocycles. The number of rotatable bonds is 6. The second-order valence-corrected chi connectivity index (χ2v) is 8.52. The van der Waals surface area contributed by atoms with Gasteiger partial charge >= 0.3 is 0 Å². The van der Waals surface area contributed by atoms with Crippen molar-refractivity contribution in [3.63, 3.8) is 0 Å². The zero-order valence-corrected chi connectivity index (χ0v) is 16.1. The van der Waals surface area contributed by atoms with Gasteiger partial charge in [-0.15, -0.1) is 23.1 Å². The van der Waals surface area contributed by atoms with E-state index in [0.717, 1.165) is 35.0 Å². The lowest BCUT2D eigenvalue weighted by Gasteiger charge is -2.05. The van der Waals surface area contributed by atoms with E-state index in [2.05, 4.69) is 15.3 Å². The summed E-state index contributed by atoms with van der Waals surface area (Å²) < 4.78 is 13.1. The molecule has 0 radical (unpaired) electrons. The standard InChI is InChI=1S/C19H18FN3O2S2/c20-12-4-1-3-11(7-12)8-21-16(24)10-26-9-15-22-18(25)17-13-5-2-6-14(13)27-19(17)23-15/h1,3-4,7H,2,5-6,8-10H2,(H,21,24)(H,22,23,25). The molecule has 0 atom stereocenters. The number of thioether (sulfide) groups is 1. The first-order chi connectivity index (χ1) is 13.1. The number of hydrogen-bond donors (Lipinski definition) is 2. The average molecular weight is 404 g/mol. The minimum atomic E-state index is -0.318. The SMILES string of the molecule is O=C(CSCc1nc2sc3c(c2c(=O)[nH]1)CCC3)NCc1cccc(F)c1. The molecule has 2 N–H and O–H groups in total. The molecule has 3 aromatic rings. The number of hydrogen-bond acceptors (Lipinski definition) is 5. The van der Waals surface area contributed by atoms with Crippen LogP contribution in [0.2, 0.25) is 0 Å². The lowest BCUT2D eigenvalue weighted by atomic mass is 10.2. The topological polar surface area (TPSA) is 74.8 Å². The smallest absolute Gasteiger partial charge is 0.259 e. The highest BCUT2D eigenvalue weighted by atomic mass is 32.2. The predicted octanol–water partition coefficient (Wildman–Crippen LogP) is 3.16. The van der Waals surface area contributed by atoms with Crippen molar-refractivity contribution >= 4 is 39.2 Å². The Morgan fingerprint density at radius 1 is 1.37 bits per heavy atom. The van der Waals surface area contributed by atoms with E-state index in [1.165, 1.54) is 34.3 Å². The van der Waals surface area contributed by atoms with Gasteiger partial charge in [-0.1, -0.05) is 12.1 Å². The van der Waals surface area contributed by atoms with Gasteiger partial charge in [-0.25, -0.2) is 9.37 Å². The molecule has 0 saturated carbocycles. The number of amides is 1. The third kappa shape index (κ3) is 4.06. The zero-order valence-electron chi connectivity index (χ0n) is 14.5. The molecule has 5 nitrogen and oxygen atoms in total. The number of carbonyl (C=O) groups excluding carboxylic acids is 1. The van der Waals surface area contributed by atoms with E-state index in [9.17, 15) is 14.0 Å². The Balaban J connectivity index is 1.32. The number of H-pyrrole nitrogens is 1. The van der Waals surface area contributed by atoms with Crippen LogP contribution in [0, 0.1) is 5.82 Å². The lowest BCUT2D eigenvalue weighted by Crippen LogP contribution is -2.24. The molecule has 2 aromatic heterocycles. The molecule has 140 valence electrons. The Kier molecular flexibility index (Phi) is 5.27. The molecule has 0 aliphatic heterocycles. The van der Waals surface area contributed by atoms with Crippen molar-refractivity contribution in [1.82, 2.24) is 15.3 Å². The highest BCUT2D eigenvalue weighted by Crippen LogP contribution is 2.34. The van der Waals surface area contributed by atoms with Crippen LogP contribution >= 0.6 is 23.1 Å². The summed E-state index contributed by atoms with van der Waals surface area (Å²) in [6.45, 7) is 0.291. The van der Waals surface area contributed by atoms with E-state index in [-0.39, 0.29) is 23.0 Å². The fraction of sp³-hybridized carbons (Fsp3) is 0.316. The molecule has 1 aliphatic rings. The van der Waals surface area contributed by atoms with Crippen LogP contribution in [0.5, 0.6) is 0 Å². The summed E-state index contributed by atoms with van der Waals surface area (Å²) in [5.74, 6) is 0.846. The maximum absolute atomic E-state index is 13.1. The van der Waals surface area contributed by atoms with Crippen molar-refractivity contribution in [2.45, 2.75) is 31.6 Å². The first-order valence-electron chi connectivity index (χ1n) is 8.72. The number of fused-ring (bicyclic) bond motifs is 3. The third-order valence-electron chi connectivity index (χ3n) is 4.47. The minimum Gasteiger partial charge on any atom is -0.351 e. The molecule has 0 unspecified atom stereocenters. The molecular weight excluding hydrogens is 385 g/mol. The summed E-state index contributed by atoms with van der Waals surface area (Å²) in [6, 6.07) is 6.15. The van der Waals surface area contributed by atoms with Gasteiger partial charge in [0, 0.05) is 11.4 Å². The van der Waals surface area contributed by atoms with Gasteiger partial charge in [0.25, 0.3) is 5.56 Å². The third-order valence-corrected chi connectivity index (χ3v) is 6.60. The van der Waals surface area contributed by atoms with Crippen LogP contribution in [-0.4, -0.2) is 21.6 Å². The monoisotopic (exact) mass is 403 g/mol. The Labute approximate surface area is 163 Å². The molecule has 0 saturated heterocycles. The van der Waals surface area contributed by atoms with Gasteiger partial charge in [-0.2, -0.15) is 0 Å². The quantitative estimate of drug-likeness (QED) is 0.663. The van der Waals surface area contributed by atoms with E-state index in [1.54, 1.807) is 23.5 Å². The lowest BCUT2D eigenvalue weighted by molar-refractivity contribution is -0.118. The van der Waals surface area contributed by atoms with E-state index in [4.69, 9.17) is 0 Å². The minimum absolute atomic E-state index is 0.0782. The second kappa shape index (κ2) is 7.82. The number of aromatic nitrogens is 2. The maximum Gasteiger partial charge on any atom is 0.259 e. The fourth-order valence-electron chi connectivity index (χ4n) is 3.25. The number of nitrogens with one attached hydrogen (secondary N) is 2. The molecule has 0 spiro atoms. The Morgan fingerprint density at radius 3 is 3.11 bits per heavy atom. The highest BCUT2D eigenvalue weighted by Gasteiger charge is 2.21. The second-order valence-electron chi connectivity index (χ2n) is 6.45. The number of halogens is 1. The van der Waals surface area contributed by atoms with E-state index >= 15 is 0 Å². The summed E-state index contributed by atoms with van der Waals surface area (Å²) in [4.78, 5) is 33.8. The van der Waals surface area contributed by atoms with Crippen LogP contribution in [0.25, 0.3) is 10.2 Å². The van der Waals surface area contributed by atoms with Crippen LogP contribution in [0.1, 0.15) is 28.2 Å². The van der Waals surface area contributed by atoms with E-state index < -0.39 is 0 Å². The van der Waals surface area contributed by atoms with Crippen molar-refractivity contribution in [2.75, 3.05) is 5.75 Å². The molecule has 4 rings (SSSR count). The summed E-state index contributed by atoms with van der Waals surface area (Å²) in [5.41, 5.74) is 1.81. The summed E-state index contributed by atoms with van der Waals surface area (Å²) in [5, 5.41) is 3.51. The fourth-order valence-corrected chi connectivity index (χ4v) is 5.25. The van der Waals surface area contributed by atoms with E-state index in [0.29, 0.717) is 18.1 Å². The first-order valence-corrected chi connectivity index (χ1v) is 10.7. The van der Waals surface area contributed by atoms with Gasteiger partial charge in [0.2, 0.25) is 5.91 Å². The molecule has 0 bridgehead atoms. The molecule has 27 heavy (non-hydrogen) atoms. The van der Waals surface area contributed by atoms with Crippen LogP contribution in [0.3, 0.4) is 0 Å². The summed E-state index contributed by atoms with van der Waals surface area (Å²) in [7, 11) is 0. The molecule has 1 aliphatic carbocycles. The van der Waals surface area contributed by atoms with Crippen molar-refractivity contribution < 1.29 is 9.18 Å². The highest BCUT2D eigenvalue weighted by molar-refractivity contribution is 7.99. The Bertz CT molecular complexity index is 1060. The number of aromatic amines is 1. The van der Waals surface area contributed by atoms with Crippen molar-refractivity contribution in [2.24, 2.45) is 0 Å². The van der Waals surface area contributed by atoms with Gasteiger partial charge in [0.05, 0.1) is 16.9 Å². The van der Waals surface area contributed by atoms with Crippen LogP contribution in [0.15, 0.2) is 29.1 Å². The van der Waals surface area contributed by atoms with Crippen molar-refractivity contribution in [3.05, 3.63) is 62.3 Å². The summed E-state index contributed by atoms with van der Waals surface area (Å²) >= 11 is 3.00. The van der Waals surface area contributed by atoms with Crippen molar-refractivity contribution in [1.29, 1.82) is 0 Å². The molecule has 8 heteroatoms.